The maximum absolute atomic E-state index is 5.92. The molecule has 6 nitrogen and oxygen atoms in total. The highest BCUT2D eigenvalue weighted by Gasteiger charge is 2.25. The molecule has 0 aromatic carbocycles. The van der Waals surface area contributed by atoms with Crippen LogP contribution in [0.1, 0.15) is 52.9 Å². The molecule has 1 atom stereocenters. The van der Waals surface area contributed by atoms with E-state index in [1.807, 2.05) is 0 Å². The number of hydrogen-bond donors (Lipinski definition) is 1. The van der Waals surface area contributed by atoms with Gasteiger partial charge in [-0.05, 0) is 39.5 Å². The minimum atomic E-state index is 0.322. The average Bonchev–Trinajstić information content (AvgIpc) is 2.49. The van der Waals surface area contributed by atoms with E-state index < -0.39 is 0 Å². The van der Waals surface area contributed by atoms with Gasteiger partial charge in [0.15, 0.2) is 0 Å². The quantitative estimate of drug-likeness (QED) is 0.868. The second-order valence-corrected chi connectivity index (χ2v) is 5.60. The molecular formula is C15H28N6. The zero-order valence-electron chi connectivity index (χ0n) is 13.5. The van der Waals surface area contributed by atoms with E-state index in [0.717, 1.165) is 25.6 Å². The van der Waals surface area contributed by atoms with Crippen LogP contribution in [0.4, 0.5) is 17.8 Å². The molecule has 1 aromatic heterocycles. The molecule has 0 aliphatic carbocycles. The van der Waals surface area contributed by atoms with Crippen molar-refractivity contribution in [3.05, 3.63) is 0 Å². The molecule has 6 heteroatoms. The van der Waals surface area contributed by atoms with Gasteiger partial charge in [0, 0.05) is 25.7 Å². The van der Waals surface area contributed by atoms with Crippen molar-refractivity contribution >= 4 is 17.8 Å². The normalized spacial score (nSPS) is 18.8. The number of hydrogen-bond acceptors (Lipinski definition) is 6. The summed E-state index contributed by atoms with van der Waals surface area (Å²) in [6.07, 6.45) is 6.09. The van der Waals surface area contributed by atoms with Crippen molar-refractivity contribution in [3.8, 4) is 0 Å². The molecule has 1 fully saturated rings. The van der Waals surface area contributed by atoms with E-state index in [-0.39, 0.29) is 0 Å². The van der Waals surface area contributed by atoms with Crippen LogP contribution in [0.5, 0.6) is 0 Å². The molecule has 2 N–H and O–H groups in total. The Morgan fingerprint density at radius 2 is 1.90 bits per heavy atom. The number of aromatic nitrogens is 3. The first-order valence-electron chi connectivity index (χ1n) is 8.22. The molecule has 0 saturated carbocycles. The van der Waals surface area contributed by atoms with Crippen LogP contribution in [0.3, 0.4) is 0 Å². The third kappa shape index (κ3) is 3.74. The van der Waals surface area contributed by atoms with E-state index in [1.54, 1.807) is 0 Å². The fraction of sp³-hybridized carbons (Fsp3) is 0.800. The summed E-state index contributed by atoms with van der Waals surface area (Å²) in [6.45, 7) is 9.20. The number of nitrogens with two attached hydrogens (primary N) is 1. The lowest BCUT2D eigenvalue weighted by atomic mass is 9.99. The van der Waals surface area contributed by atoms with Gasteiger partial charge < -0.3 is 15.5 Å². The Balaban J connectivity index is 2.28. The minimum Gasteiger partial charge on any atom is -0.368 e. The standard InChI is InChI=1S/C15H28N6/c1-4-9-12-10-7-8-11-21(12)15-18-13(16)17-14(19-15)20(5-2)6-3/h12H,4-11H2,1-3H3,(H2,16,17,18,19). The second kappa shape index (κ2) is 7.43. The third-order valence-electron chi connectivity index (χ3n) is 4.18. The van der Waals surface area contributed by atoms with Crippen LogP contribution >= 0.6 is 0 Å². The lowest BCUT2D eigenvalue weighted by Crippen LogP contribution is -2.41. The van der Waals surface area contributed by atoms with Crippen molar-refractivity contribution in [1.82, 2.24) is 15.0 Å². The lowest BCUT2D eigenvalue weighted by molar-refractivity contribution is 0.428. The lowest BCUT2D eigenvalue weighted by Gasteiger charge is -2.36. The van der Waals surface area contributed by atoms with E-state index in [9.17, 15) is 0 Å². The zero-order valence-corrected chi connectivity index (χ0v) is 13.5. The Hall–Kier alpha value is -1.59. The van der Waals surface area contributed by atoms with Gasteiger partial charge in [-0.1, -0.05) is 13.3 Å². The fourth-order valence-electron chi connectivity index (χ4n) is 3.04. The van der Waals surface area contributed by atoms with Crippen LogP contribution in [0.25, 0.3) is 0 Å². The first-order chi connectivity index (χ1) is 10.2. The van der Waals surface area contributed by atoms with Gasteiger partial charge in [0.1, 0.15) is 0 Å². The molecule has 0 spiro atoms. The smallest absolute Gasteiger partial charge is 0.232 e. The highest BCUT2D eigenvalue weighted by atomic mass is 15.4. The highest BCUT2D eigenvalue weighted by Crippen LogP contribution is 2.26. The summed E-state index contributed by atoms with van der Waals surface area (Å²) < 4.78 is 0. The minimum absolute atomic E-state index is 0.322. The van der Waals surface area contributed by atoms with Crippen LogP contribution in [0.15, 0.2) is 0 Å². The Morgan fingerprint density at radius 1 is 1.14 bits per heavy atom. The summed E-state index contributed by atoms with van der Waals surface area (Å²) in [7, 11) is 0. The summed E-state index contributed by atoms with van der Waals surface area (Å²) in [6, 6.07) is 0.537. The van der Waals surface area contributed by atoms with Crippen molar-refractivity contribution in [2.24, 2.45) is 0 Å². The number of rotatable bonds is 6. The van der Waals surface area contributed by atoms with Crippen LogP contribution in [-0.2, 0) is 0 Å². The molecule has 0 radical (unpaired) electrons. The first kappa shape index (κ1) is 15.8. The molecule has 21 heavy (non-hydrogen) atoms. The van der Waals surface area contributed by atoms with Gasteiger partial charge in [-0.15, -0.1) is 0 Å². The summed E-state index contributed by atoms with van der Waals surface area (Å²) in [5.41, 5.74) is 5.92. The number of piperidine rings is 1. The summed E-state index contributed by atoms with van der Waals surface area (Å²) in [5.74, 6) is 1.77. The molecule has 2 rings (SSSR count). The topological polar surface area (TPSA) is 71.2 Å². The second-order valence-electron chi connectivity index (χ2n) is 5.60. The van der Waals surface area contributed by atoms with E-state index in [4.69, 9.17) is 5.73 Å². The summed E-state index contributed by atoms with van der Waals surface area (Å²) in [4.78, 5) is 17.8. The number of nitrogens with zero attached hydrogens (tertiary/aromatic N) is 5. The SMILES string of the molecule is CCCC1CCCCN1c1nc(N)nc(N(CC)CC)n1. The van der Waals surface area contributed by atoms with Crippen LogP contribution in [0.2, 0.25) is 0 Å². The van der Waals surface area contributed by atoms with E-state index in [0.29, 0.717) is 17.9 Å². The van der Waals surface area contributed by atoms with Crippen LogP contribution < -0.4 is 15.5 Å². The Kier molecular flexibility index (Phi) is 5.59. The van der Waals surface area contributed by atoms with Crippen molar-refractivity contribution < 1.29 is 0 Å². The predicted molar refractivity (Wildman–Crippen MR) is 87.7 cm³/mol. The number of anilines is 3. The van der Waals surface area contributed by atoms with E-state index in [2.05, 4.69) is 45.5 Å². The van der Waals surface area contributed by atoms with Gasteiger partial charge >= 0.3 is 0 Å². The molecule has 1 aliphatic rings. The largest absolute Gasteiger partial charge is 0.368 e. The molecule has 1 aliphatic heterocycles. The molecule has 1 saturated heterocycles. The molecule has 0 bridgehead atoms. The zero-order chi connectivity index (χ0) is 15.2. The first-order valence-corrected chi connectivity index (χ1v) is 8.22. The monoisotopic (exact) mass is 292 g/mol. The van der Waals surface area contributed by atoms with Crippen molar-refractivity contribution in [2.45, 2.75) is 58.9 Å². The van der Waals surface area contributed by atoms with Gasteiger partial charge in [0.2, 0.25) is 17.8 Å². The molecule has 0 amide bonds. The predicted octanol–water partition coefficient (Wildman–Crippen LogP) is 2.46. The third-order valence-corrected chi connectivity index (χ3v) is 4.18. The Labute approximate surface area is 127 Å². The van der Waals surface area contributed by atoms with Gasteiger partial charge in [-0.3, -0.25) is 0 Å². The molecule has 1 aromatic rings. The van der Waals surface area contributed by atoms with E-state index in [1.165, 1.54) is 32.1 Å². The van der Waals surface area contributed by atoms with Gasteiger partial charge in [-0.2, -0.15) is 15.0 Å². The molecule has 118 valence electrons. The van der Waals surface area contributed by atoms with Gasteiger partial charge in [0.05, 0.1) is 0 Å². The molecule has 1 unspecified atom stereocenters. The van der Waals surface area contributed by atoms with Crippen LogP contribution in [0, 0.1) is 0 Å². The van der Waals surface area contributed by atoms with Crippen LogP contribution in [-0.4, -0.2) is 40.6 Å². The summed E-state index contributed by atoms with van der Waals surface area (Å²) >= 11 is 0. The number of nitrogen functional groups attached to an aromatic ring is 1. The van der Waals surface area contributed by atoms with Crippen molar-refractivity contribution in [1.29, 1.82) is 0 Å². The average molecular weight is 292 g/mol. The highest BCUT2D eigenvalue weighted by molar-refractivity contribution is 5.44. The molecular weight excluding hydrogens is 264 g/mol. The fourth-order valence-corrected chi connectivity index (χ4v) is 3.04. The van der Waals surface area contributed by atoms with E-state index >= 15 is 0 Å². The maximum Gasteiger partial charge on any atom is 0.232 e. The van der Waals surface area contributed by atoms with Gasteiger partial charge in [-0.25, -0.2) is 0 Å². The Bertz CT molecular complexity index is 444. The van der Waals surface area contributed by atoms with Crippen molar-refractivity contribution in [2.75, 3.05) is 35.2 Å². The molecule has 2 heterocycles. The summed E-state index contributed by atoms with van der Waals surface area (Å²) in [5, 5.41) is 0. The van der Waals surface area contributed by atoms with Crippen molar-refractivity contribution in [3.63, 3.8) is 0 Å². The van der Waals surface area contributed by atoms with Gasteiger partial charge in [0.25, 0.3) is 0 Å². The Morgan fingerprint density at radius 3 is 2.57 bits per heavy atom. The maximum atomic E-state index is 5.92.